The van der Waals surface area contributed by atoms with Crippen LogP contribution in [0.3, 0.4) is 0 Å². The first-order chi connectivity index (χ1) is 22.6. The summed E-state index contributed by atoms with van der Waals surface area (Å²) in [7, 11) is -3.57. The van der Waals surface area contributed by atoms with Gasteiger partial charge in [0.25, 0.3) is 0 Å². The average Bonchev–Trinajstić information content (AvgIpc) is 3.10. The molecule has 4 rings (SSSR count). The molecule has 0 spiro atoms. The van der Waals surface area contributed by atoms with Gasteiger partial charge in [0.1, 0.15) is 12.6 Å². The molecule has 0 bridgehead atoms. The summed E-state index contributed by atoms with van der Waals surface area (Å²) in [6.45, 7) is 3.25. The molecule has 4 aromatic carbocycles. The van der Waals surface area contributed by atoms with Gasteiger partial charge in [-0.3, -0.25) is 14.2 Å². The molecule has 47 heavy (non-hydrogen) atoms. The fraction of sp³-hybridized carbons (Fsp3) is 0.270. The van der Waals surface area contributed by atoms with Crippen molar-refractivity contribution in [1.82, 2.24) is 5.32 Å². The van der Waals surface area contributed by atoms with Gasteiger partial charge in [-0.2, -0.15) is 0 Å². The molecule has 0 fully saturated rings. The van der Waals surface area contributed by atoms with Gasteiger partial charge >= 0.3 is 5.97 Å². The standard InChI is InChI=1S/C37H41N2O6PS/c1-27(36(41)44-25-30-12-6-3-7-13-30)39-35(40)34(24-29-18-20-32(21-19-29)31-14-8-4-9-15-31)26-46(43,28(2)38)45-22-23-47-37(42)33-16-10-5-11-17-33/h3-21,27-28,34H,22-26,38H2,1-2H3,(H,39,40). The van der Waals surface area contributed by atoms with Crippen LogP contribution in [0.4, 0.5) is 0 Å². The minimum absolute atomic E-state index is 0.0182. The van der Waals surface area contributed by atoms with E-state index in [9.17, 15) is 18.9 Å². The Kier molecular flexibility index (Phi) is 13.6. The van der Waals surface area contributed by atoms with Crippen molar-refractivity contribution in [2.45, 2.75) is 38.7 Å². The molecule has 3 N–H and O–H groups in total. The second-order valence-electron chi connectivity index (χ2n) is 11.3. The van der Waals surface area contributed by atoms with Crippen LogP contribution < -0.4 is 11.1 Å². The third kappa shape index (κ3) is 11.0. The number of thioether (sulfide) groups is 1. The van der Waals surface area contributed by atoms with Crippen LogP contribution in [0, 0.1) is 5.92 Å². The molecular weight excluding hydrogens is 631 g/mol. The van der Waals surface area contributed by atoms with E-state index in [1.54, 1.807) is 38.1 Å². The van der Waals surface area contributed by atoms with Crippen molar-refractivity contribution in [2.75, 3.05) is 18.5 Å². The number of nitrogens with one attached hydrogen (secondary N) is 1. The number of hydrogen-bond donors (Lipinski definition) is 2. The van der Waals surface area contributed by atoms with Crippen molar-refractivity contribution in [3.8, 4) is 11.1 Å². The largest absolute Gasteiger partial charge is 0.459 e. The lowest BCUT2D eigenvalue weighted by Gasteiger charge is -2.27. The van der Waals surface area contributed by atoms with Crippen LogP contribution in [-0.4, -0.2) is 47.3 Å². The lowest BCUT2D eigenvalue weighted by Crippen LogP contribution is -2.44. The first-order valence-electron chi connectivity index (χ1n) is 15.5. The van der Waals surface area contributed by atoms with Crippen molar-refractivity contribution in [3.05, 3.63) is 132 Å². The summed E-state index contributed by atoms with van der Waals surface area (Å²) >= 11 is 1.07. The maximum absolute atomic E-state index is 14.1. The molecule has 0 aromatic heterocycles. The maximum Gasteiger partial charge on any atom is 0.328 e. The van der Waals surface area contributed by atoms with Gasteiger partial charge in [-0.1, -0.05) is 127 Å². The lowest BCUT2D eigenvalue weighted by atomic mass is 9.97. The molecule has 0 aliphatic carbocycles. The Morgan fingerprint density at radius 2 is 1.36 bits per heavy atom. The van der Waals surface area contributed by atoms with E-state index >= 15 is 0 Å². The van der Waals surface area contributed by atoms with E-state index in [0.29, 0.717) is 5.56 Å². The van der Waals surface area contributed by atoms with Gasteiger partial charge in [-0.05, 0) is 42.5 Å². The summed E-state index contributed by atoms with van der Waals surface area (Å²) in [5.74, 6) is -2.45. The van der Waals surface area contributed by atoms with Gasteiger partial charge in [0, 0.05) is 17.5 Å². The monoisotopic (exact) mass is 672 g/mol. The van der Waals surface area contributed by atoms with Crippen LogP contribution in [0.15, 0.2) is 115 Å². The Morgan fingerprint density at radius 3 is 1.98 bits per heavy atom. The zero-order valence-corrected chi connectivity index (χ0v) is 28.3. The zero-order chi connectivity index (χ0) is 33.6. The van der Waals surface area contributed by atoms with Gasteiger partial charge in [0.05, 0.1) is 18.3 Å². The summed E-state index contributed by atoms with van der Waals surface area (Å²) in [6, 6.07) is 35.0. The first-order valence-corrected chi connectivity index (χ1v) is 18.4. The average molecular weight is 673 g/mol. The fourth-order valence-electron chi connectivity index (χ4n) is 4.86. The van der Waals surface area contributed by atoms with E-state index in [-0.39, 0.29) is 36.7 Å². The van der Waals surface area contributed by atoms with Crippen molar-refractivity contribution in [1.29, 1.82) is 0 Å². The molecule has 0 radical (unpaired) electrons. The molecule has 0 saturated heterocycles. The van der Waals surface area contributed by atoms with Gasteiger partial charge in [-0.25, -0.2) is 4.79 Å². The molecule has 246 valence electrons. The van der Waals surface area contributed by atoms with Crippen LogP contribution in [0.1, 0.15) is 35.3 Å². The van der Waals surface area contributed by atoms with Crippen molar-refractivity contribution < 1.29 is 28.2 Å². The van der Waals surface area contributed by atoms with E-state index in [1.165, 1.54) is 0 Å². The molecule has 4 unspecified atom stereocenters. The van der Waals surface area contributed by atoms with Crippen LogP contribution >= 0.6 is 19.1 Å². The highest BCUT2D eigenvalue weighted by Crippen LogP contribution is 2.51. The highest BCUT2D eigenvalue weighted by atomic mass is 32.2. The molecule has 10 heteroatoms. The molecule has 0 heterocycles. The fourth-order valence-corrected chi connectivity index (χ4v) is 7.62. The highest BCUT2D eigenvalue weighted by molar-refractivity contribution is 8.14. The van der Waals surface area contributed by atoms with E-state index in [4.69, 9.17) is 15.0 Å². The second kappa shape index (κ2) is 17.8. The van der Waals surface area contributed by atoms with Crippen molar-refractivity contribution in [2.24, 2.45) is 11.7 Å². The first kappa shape index (κ1) is 35.8. The van der Waals surface area contributed by atoms with Crippen molar-refractivity contribution in [3.63, 3.8) is 0 Å². The number of rotatable bonds is 16. The molecule has 4 atom stereocenters. The Balaban J connectivity index is 1.45. The van der Waals surface area contributed by atoms with Gasteiger partial charge in [-0.15, -0.1) is 0 Å². The molecule has 0 saturated carbocycles. The summed E-state index contributed by atoms with van der Waals surface area (Å²) in [5.41, 5.74) is 10.5. The predicted octanol–water partition coefficient (Wildman–Crippen LogP) is 6.93. The van der Waals surface area contributed by atoms with E-state index < -0.39 is 37.0 Å². The quantitative estimate of drug-likeness (QED) is 0.0746. The number of benzene rings is 4. The van der Waals surface area contributed by atoms with E-state index in [2.05, 4.69) is 5.32 Å². The van der Waals surface area contributed by atoms with E-state index in [1.807, 2.05) is 91.0 Å². The highest BCUT2D eigenvalue weighted by Gasteiger charge is 2.36. The number of ether oxygens (including phenoxy) is 1. The maximum atomic E-state index is 14.1. The Labute approximate surface area is 280 Å². The number of nitrogens with two attached hydrogens (primary N) is 1. The zero-order valence-electron chi connectivity index (χ0n) is 26.6. The van der Waals surface area contributed by atoms with Crippen molar-refractivity contribution >= 4 is 36.1 Å². The summed E-state index contributed by atoms with van der Waals surface area (Å²) in [5, 5.41) is 2.64. The molecule has 0 aliphatic rings. The Bertz CT molecular complexity index is 1640. The van der Waals surface area contributed by atoms with E-state index in [0.717, 1.165) is 34.0 Å². The van der Waals surface area contributed by atoms with Crippen LogP contribution in [-0.2, 0) is 36.4 Å². The third-order valence-electron chi connectivity index (χ3n) is 7.58. The smallest absolute Gasteiger partial charge is 0.328 e. The summed E-state index contributed by atoms with van der Waals surface area (Å²) < 4.78 is 25.5. The minimum Gasteiger partial charge on any atom is -0.459 e. The van der Waals surface area contributed by atoms with Crippen LogP contribution in [0.5, 0.6) is 0 Å². The molecule has 8 nitrogen and oxygen atoms in total. The van der Waals surface area contributed by atoms with Crippen LogP contribution in [0.2, 0.25) is 0 Å². The van der Waals surface area contributed by atoms with Gasteiger partial charge < -0.3 is 20.3 Å². The number of esters is 1. The van der Waals surface area contributed by atoms with Gasteiger partial charge in [0.2, 0.25) is 18.4 Å². The predicted molar refractivity (Wildman–Crippen MR) is 188 cm³/mol. The number of hydrogen-bond acceptors (Lipinski definition) is 8. The SMILES string of the molecule is CC(NC(=O)C(Cc1ccc(-c2ccccc2)cc1)CP(=O)(OCCSC(=O)c1ccccc1)C(C)N)C(=O)OCc1ccccc1. The second-order valence-corrected chi connectivity index (χ2v) is 15.2. The normalized spacial score (nSPS) is 14.3. The molecular formula is C37H41N2O6PS. The van der Waals surface area contributed by atoms with Gasteiger partial charge in [0.15, 0.2) is 0 Å². The number of carbonyl (C=O) groups excluding carboxylic acids is 3. The van der Waals surface area contributed by atoms with Crippen LogP contribution in [0.25, 0.3) is 11.1 Å². The molecule has 4 aromatic rings. The minimum atomic E-state index is -3.57. The molecule has 0 aliphatic heterocycles. The lowest BCUT2D eigenvalue weighted by molar-refractivity contribution is -0.148. The number of amides is 1. The summed E-state index contributed by atoms with van der Waals surface area (Å²) in [6.07, 6.45) is 0.105. The summed E-state index contributed by atoms with van der Waals surface area (Å²) in [4.78, 5) is 39.0. The Hall–Kier alpha value is -4.01. The number of carbonyl (C=O) groups is 3. The third-order valence-corrected chi connectivity index (χ3v) is 11.3. The molecule has 1 amide bonds. The Morgan fingerprint density at radius 1 is 0.787 bits per heavy atom. The topological polar surface area (TPSA) is 125 Å².